The summed E-state index contributed by atoms with van der Waals surface area (Å²) in [6, 6.07) is 12.4. The number of rotatable bonds is 6. The Balaban J connectivity index is 1.72. The first-order valence-corrected chi connectivity index (χ1v) is 13.3. The molecule has 31 heavy (non-hydrogen) atoms. The van der Waals surface area contributed by atoms with E-state index in [4.69, 9.17) is 11.6 Å². The first kappa shape index (κ1) is 23.5. The van der Waals surface area contributed by atoms with Crippen LogP contribution in [-0.2, 0) is 24.8 Å². The molecule has 2 aromatic carbocycles. The summed E-state index contributed by atoms with van der Waals surface area (Å²) in [6.07, 6.45) is 2.21. The lowest BCUT2D eigenvalue weighted by molar-refractivity contribution is -0.120. The number of benzene rings is 2. The van der Waals surface area contributed by atoms with Crippen molar-refractivity contribution in [2.45, 2.75) is 17.7 Å². The Kier molecular flexibility index (Phi) is 6.95. The van der Waals surface area contributed by atoms with Crippen LogP contribution in [-0.4, -0.2) is 53.4 Å². The fraction of sp³-hybridized carbons (Fsp3) is 0.350. The number of carbonyl (C=O) groups excluding carboxylic acids is 1. The van der Waals surface area contributed by atoms with Crippen molar-refractivity contribution in [1.82, 2.24) is 4.31 Å². The molecule has 1 amide bonds. The van der Waals surface area contributed by atoms with Crippen molar-refractivity contribution in [3.63, 3.8) is 0 Å². The molecule has 0 radical (unpaired) electrons. The third-order valence-corrected chi connectivity index (χ3v) is 8.52. The maximum absolute atomic E-state index is 12.9. The molecular formula is C20H24ClN3O5S2. The maximum atomic E-state index is 12.9. The van der Waals surface area contributed by atoms with E-state index in [0.29, 0.717) is 35.8 Å². The lowest BCUT2D eigenvalue weighted by Crippen LogP contribution is -2.43. The molecule has 1 aliphatic rings. The summed E-state index contributed by atoms with van der Waals surface area (Å²) >= 11 is 5.85. The van der Waals surface area contributed by atoms with Gasteiger partial charge < -0.3 is 5.32 Å². The van der Waals surface area contributed by atoms with E-state index >= 15 is 0 Å². The molecule has 0 aromatic heterocycles. The number of hydrogen-bond acceptors (Lipinski definition) is 5. The van der Waals surface area contributed by atoms with Crippen molar-refractivity contribution in [3.05, 3.63) is 53.6 Å². The Hall–Kier alpha value is -2.14. The molecule has 0 unspecified atom stereocenters. The number of sulfonamides is 2. The van der Waals surface area contributed by atoms with Gasteiger partial charge in [0.15, 0.2) is 0 Å². The average Bonchev–Trinajstić information content (AvgIpc) is 2.73. The zero-order valence-electron chi connectivity index (χ0n) is 17.2. The molecule has 0 saturated carbocycles. The van der Waals surface area contributed by atoms with Crippen LogP contribution in [0.5, 0.6) is 0 Å². The number of nitrogens with zero attached hydrogens (tertiary/aromatic N) is 2. The SMILES string of the molecule is CN(c1cccc(NC(=O)[C@@H]2CCCN(S(=O)(=O)c3ccc(Cl)cc3)C2)c1)S(C)(=O)=O. The highest BCUT2D eigenvalue weighted by Gasteiger charge is 2.33. The molecule has 3 rings (SSSR count). The Morgan fingerprint density at radius 3 is 2.45 bits per heavy atom. The highest BCUT2D eigenvalue weighted by molar-refractivity contribution is 7.92. The predicted molar refractivity (Wildman–Crippen MR) is 121 cm³/mol. The summed E-state index contributed by atoms with van der Waals surface area (Å²) in [5.41, 5.74) is 0.853. The van der Waals surface area contributed by atoms with Gasteiger partial charge in [0.05, 0.1) is 22.8 Å². The molecule has 11 heteroatoms. The fourth-order valence-corrected chi connectivity index (χ4v) is 5.49. The van der Waals surface area contributed by atoms with Gasteiger partial charge in [0.2, 0.25) is 26.0 Å². The summed E-state index contributed by atoms with van der Waals surface area (Å²) in [5.74, 6) is -0.831. The Labute approximate surface area is 187 Å². The van der Waals surface area contributed by atoms with Gasteiger partial charge in [0.25, 0.3) is 0 Å². The Morgan fingerprint density at radius 1 is 1.13 bits per heavy atom. The van der Waals surface area contributed by atoms with Crippen LogP contribution in [0.3, 0.4) is 0 Å². The minimum atomic E-state index is -3.73. The van der Waals surface area contributed by atoms with Crippen molar-refractivity contribution >= 4 is 48.9 Å². The van der Waals surface area contributed by atoms with Crippen molar-refractivity contribution in [3.8, 4) is 0 Å². The molecule has 1 aliphatic heterocycles. The molecule has 168 valence electrons. The highest BCUT2D eigenvalue weighted by atomic mass is 35.5. The van der Waals surface area contributed by atoms with E-state index in [0.717, 1.165) is 10.6 Å². The molecule has 1 heterocycles. The summed E-state index contributed by atoms with van der Waals surface area (Å²) in [6.45, 7) is 0.406. The van der Waals surface area contributed by atoms with Crippen molar-refractivity contribution < 1.29 is 21.6 Å². The standard InChI is InChI=1S/C20H24ClN3O5S2/c1-23(30(2,26)27)18-7-3-6-17(13-18)22-20(25)15-5-4-12-24(14-15)31(28,29)19-10-8-16(21)9-11-19/h3,6-11,13,15H,4-5,12,14H2,1-2H3,(H,22,25)/t15-/m1/s1. The van der Waals surface area contributed by atoms with Crippen LogP contribution in [0, 0.1) is 5.92 Å². The van der Waals surface area contributed by atoms with Crippen LogP contribution in [0.2, 0.25) is 5.02 Å². The van der Waals surface area contributed by atoms with Gasteiger partial charge in [-0.05, 0) is 55.3 Å². The number of carbonyl (C=O) groups is 1. The smallest absolute Gasteiger partial charge is 0.243 e. The van der Waals surface area contributed by atoms with Gasteiger partial charge >= 0.3 is 0 Å². The van der Waals surface area contributed by atoms with Crippen LogP contribution >= 0.6 is 11.6 Å². The van der Waals surface area contributed by atoms with E-state index in [1.165, 1.54) is 35.6 Å². The minimum Gasteiger partial charge on any atom is -0.326 e. The molecule has 1 fully saturated rings. The van der Waals surface area contributed by atoms with Crippen LogP contribution in [0.4, 0.5) is 11.4 Å². The van der Waals surface area contributed by atoms with Gasteiger partial charge in [0, 0.05) is 30.8 Å². The molecule has 0 bridgehead atoms. The maximum Gasteiger partial charge on any atom is 0.243 e. The Bertz CT molecular complexity index is 1170. The lowest BCUT2D eigenvalue weighted by Gasteiger charge is -2.31. The molecule has 1 N–H and O–H groups in total. The normalized spacial score (nSPS) is 17.8. The molecular weight excluding hydrogens is 462 g/mol. The van der Waals surface area contributed by atoms with Gasteiger partial charge in [-0.25, -0.2) is 16.8 Å². The number of piperidine rings is 1. The topological polar surface area (TPSA) is 104 Å². The van der Waals surface area contributed by atoms with Gasteiger partial charge in [0.1, 0.15) is 0 Å². The highest BCUT2D eigenvalue weighted by Crippen LogP contribution is 2.26. The van der Waals surface area contributed by atoms with Crippen LogP contribution in [0.25, 0.3) is 0 Å². The van der Waals surface area contributed by atoms with E-state index in [1.54, 1.807) is 24.3 Å². The van der Waals surface area contributed by atoms with Crippen LogP contribution < -0.4 is 9.62 Å². The van der Waals surface area contributed by atoms with Crippen LogP contribution in [0.15, 0.2) is 53.4 Å². The average molecular weight is 486 g/mol. The van der Waals surface area contributed by atoms with Gasteiger partial charge in [-0.15, -0.1) is 0 Å². The molecule has 2 aromatic rings. The quantitative estimate of drug-likeness (QED) is 0.677. The summed E-state index contributed by atoms with van der Waals surface area (Å²) in [5, 5.41) is 3.22. The minimum absolute atomic E-state index is 0.0692. The molecule has 1 atom stereocenters. The number of nitrogens with one attached hydrogen (secondary N) is 1. The molecule has 8 nitrogen and oxygen atoms in total. The second kappa shape index (κ2) is 9.15. The fourth-order valence-electron chi connectivity index (χ4n) is 3.35. The molecule has 0 spiro atoms. The van der Waals surface area contributed by atoms with Gasteiger partial charge in [-0.3, -0.25) is 9.10 Å². The zero-order chi connectivity index (χ0) is 22.8. The van der Waals surface area contributed by atoms with E-state index in [1.807, 2.05) is 0 Å². The van der Waals surface area contributed by atoms with Crippen molar-refractivity contribution in [1.29, 1.82) is 0 Å². The van der Waals surface area contributed by atoms with Crippen molar-refractivity contribution in [2.75, 3.05) is 36.0 Å². The van der Waals surface area contributed by atoms with Crippen LogP contribution in [0.1, 0.15) is 12.8 Å². The van der Waals surface area contributed by atoms with Gasteiger partial charge in [-0.2, -0.15) is 4.31 Å². The third kappa shape index (κ3) is 5.57. The zero-order valence-corrected chi connectivity index (χ0v) is 19.5. The van der Waals surface area contributed by atoms with E-state index in [2.05, 4.69) is 5.32 Å². The second-order valence-corrected chi connectivity index (χ2v) is 11.8. The summed E-state index contributed by atoms with van der Waals surface area (Å²) in [7, 11) is -5.74. The molecule has 0 aliphatic carbocycles. The lowest BCUT2D eigenvalue weighted by atomic mass is 9.98. The summed E-state index contributed by atoms with van der Waals surface area (Å²) < 4.78 is 51.8. The number of halogens is 1. The number of anilines is 2. The number of amides is 1. The van der Waals surface area contributed by atoms with Crippen molar-refractivity contribution in [2.24, 2.45) is 5.92 Å². The number of hydrogen-bond donors (Lipinski definition) is 1. The first-order chi connectivity index (χ1) is 14.5. The second-order valence-electron chi connectivity index (χ2n) is 7.43. The third-order valence-electron chi connectivity index (χ3n) is 5.18. The van der Waals surface area contributed by atoms with E-state index in [9.17, 15) is 21.6 Å². The predicted octanol–water partition coefficient (Wildman–Crippen LogP) is 2.78. The molecule has 1 saturated heterocycles. The van der Waals surface area contributed by atoms with E-state index < -0.39 is 26.0 Å². The monoisotopic (exact) mass is 485 g/mol. The Morgan fingerprint density at radius 2 is 1.81 bits per heavy atom. The van der Waals surface area contributed by atoms with Gasteiger partial charge in [-0.1, -0.05) is 17.7 Å². The van der Waals surface area contributed by atoms with E-state index in [-0.39, 0.29) is 17.3 Å². The largest absolute Gasteiger partial charge is 0.326 e. The summed E-state index contributed by atoms with van der Waals surface area (Å²) in [4.78, 5) is 13.0. The first-order valence-electron chi connectivity index (χ1n) is 9.59.